The van der Waals surface area contributed by atoms with Gasteiger partial charge in [-0.1, -0.05) is 49.4 Å². The molecular formula is C22H28N2O2S. The summed E-state index contributed by atoms with van der Waals surface area (Å²) in [6.45, 7) is 6.87. The van der Waals surface area contributed by atoms with Gasteiger partial charge in [-0.2, -0.15) is 0 Å². The topological polar surface area (TPSA) is 49.4 Å². The first-order valence-electron chi connectivity index (χ1n) is 9.36. The van der Waals surface area contributed by atoms with Crippen molar-refractivity contribution in [2.75, 3.05) is 12.3 Å². The summed E-state index contributed by atoms with van der Waals surface area (Å²) in [6, 6.07) is 17.4. The molecule has 0 bridgehead atoms. The van der Waals surface area contributed by atoms with E-state index >= 15 is 0 Å². The molecule has 0 radical (unpaired) electrons. The number of carbonyl (C=O) groups is 2. The molecule has 2 aromatic carbocycles. The number of carbonyl (C=O) groups excluding carboxylic acids is 2. The summed E-state index contributed by atoms with van der Waals surface area (Å²) in [4.78, 5) is 28.4. The number of nitrogens with zero attached hydrogens (tertiary/aromatic N) is 1. The van der Waals surface area contributed by atoms with Gasteiger partial charge in [-0.15, -0.1) is 11.8 Å². The SMILES string of the molecule is CCNC(=O)[C@@H](CC)N(Cc1ccccc1C)C(=O)CSc1ccccc1. The van der Waals surface area contributed by atoms with E-state index < -0.39 is 6.04 Å². The Hall–Kier alpha value is -2.27. The Morgan fingerprint density at radius 3 is 2.33 bits per heavy atom. The molecule has 0 unspecified atom stereocenters. The predicted molar refractivity (Wildman–Crippen MR) is 112 cm³/mol. The van der Waals surface area contributed by atoms with Crippen LogP contribution in [-0.4, -0.2) is 35.1 Å². The summed E-state index contributed by atoms with van der Waals surface area (Å²) < 4.78 is 0. The van der Waals surface area contributed by atoms with Gasteiger partial charge in [-0.25, -0.2) is 0 Å². The molecule has 0 aliphatic carbocycles. The van der Waals surface area contributed by atoms with Gasteiger partial charge in [-0.05, 0) is 43.5 Å². The zero-order valence-corrected chi connectivity index (χ0v) is 17.1. The summed E-state index contributed by atoms with van der Waals surface area (Å²) in [5, 5.41) is 2.87. The summed E-state index contributed by atoms with van der Waals surface area (Å²) in [7, 11) is 0. The minimum Gasteiger partial charge on any atom is -0.355 e. The monoisotopic (exact) mass is 384 g/mol. The fourth-order valence-electron chi connectivity index (χ4n) is 2.93. The van der Waals surface area contributed by atoms with Crippen molar-refractivity contribution in [1.29, 1.82) is 0 Å². The molecule has 4 nitrogen and oxygen atoms in total. The number of aryl methyl sites for hydroxylation is 1. The molecule has 0 fully saturated rings. The fraction of sp³-hybridized carbons (Fsp3) is 0.364. The van der Waals surface area contributed by atoms with Crippen molar-refractivity contribution in [3.05, 3.63) is 65.7 Å². The van der Waals surface area contributed by atoms with Crippen molar-refractivity contribution in [2.45, 2.75) is 44.7 Å². The van der Waals surface area contributed by atoms with Crippen molar-refractivity contribution in [3.63, 3.8) is 0 Å². The molecule has 1 N–H and O–H groups in total. The molecule has 1 atom stereocenters. The Morgan fingerprint density at radius 2 is 1.70 bits per heavy atom. The van der Waals surface area contributed by atoms with Crippen LogP contribution in [0.15, 0.2) is 59.5 Å². The largest absolute Gasteiger partial charge is 0.355 e. The Morgan fingerprint density at radius 1 is 1.04 bits per heavy atom. The average molecular weight is 385 g/mol. The van der Waals surface area contributed by atoms with Gasteiger partial charge in [-0.3, -0.25) is 9.59 Å². The van der Waals surface area contributed by atoms with Crippen LogP contribution in [0.4, 0.5) is 0 Å². The highest BCUT2D eigenvalue weighted by Crippen LogP contribution is 2.21. The van der Waals surface area contributed by atoms with E-state index in [1.54, 1.807) is 4.90 Å². The Balaban J connectivity index is 2.20. The van der Waals surface area contributed by atoms with Crippen molar-refractivity contribution in [3.8, 4) is 0 Å². The summed E-state index contributed by atoms with van der Waals surface area (Å²) >= 11 is 1.50. The van der Waals surface area contributed by atoms with Gasteiger partial charge in [0.1, 0.15) is 6.04 Å². The van der Waals surface area contributed by atoms with Gasteiger partial charge in [0.15, 0.2) is 0 Å². The van der Waals surface area contributed by atoms with E-state index in [1.807, 2.05) is 75.4 Å². The van der Waals surface area contributed by atoms with E-state index in [4.69, 9.17) is 0 Å². The third kappa shape index (κ3) is 6.14. The number of likely N-dealkylation sites (N-methyl/N-ethyl adjacent to an activating group) is 1. The van der Waals surface area contributed by atoms with E-state index in [-0.39, 0.29) is 11.8 Å². The minimum absolute atomic E-state index is 0.0230. The number of amides is 2. The first kappa shape index (κ1) is 21.0. The van der Waals surface area contributed by atoms with Crippen molar-refractivity contribution < 1.29 is 9.59 Å². The molecule has 0 spiro atoms. The second kappa shape index (κ2) is 10.8. The second-order valence-electron chi connectivity index (χ2n) is 6.37. The third-order valence-corrected chi connectivity index (χ3v) is 5.44. The van der Waals surface area contributed by atoms with Crippen LogP contribution >= 0.6 is 11.8 Å². The Labute approximate surface area is 166 Å². The van der Waals surface area contributed by atoms with E-state index in [1.165, 1.54) is 11.8 Å². The van der Waals surface area contributed by atoms with Gasteiger partial charge >= 0.3 is 0 Å². The standard InChI is InChI=1S/C22H28N2O2S/c1-4-20(22(26)23-5-2)24(15-18-12-10-9-11-17(18)3)21(25)16-27-19-13-7-6-8-14-19/h6-14,20H,4-5,15-16H2,1-3H3,(H,23,26)/t20-/m1/s1. The van der Waals surface area contributed by atoms with Crippen LogP contribution in [-0.2, 0) is 16.1 Å². The molecule has 144 valence electrons. The zero-order valence-electron chi connectivity index (χ0n) is 16.3. The maximum absolute atomic E-state index is 13.1. The van der Waals surface area contributed by atoms with Crippen LogP contribution in [0.25, 0.3) is 0 Å². The van der Waals surface area contributed by atoms with Gasteiger partial charge < -0.3 is 10.2 Å². The average Bonchev–Trinajstić information content (AvgIpc) is 2.68. The molecule has 0 saturated heterocycles. The molecule has 2 rings (SSSR count). The molecule has 0 saturated carbocycles. The normalized spacial score (nSPS) is 11.7. The maximum atomic E-state index is 13.1. The van der Waals surface area contributed by atoms with Gasteiger partial charge in [0.25, 0.3) is 0 Å². The third-order valence-electron chi connectivity index (χ3n) is 4.44. The fourth-order valence-corrected chi connectivity index (χ4v) is 3.73. The number of nitrogens with one attached hydrogen (secondary N) is 1. The molecule has 0 aliphatic rings. The summed E-state index contributed by atoms with van der Waals surface area (Å²) in [5.41, 5.74) is 2.19. The predicted octanol–water partition coefficient (Wildman–Crippen LogP) is 4.03. The second-order valence-corrected chi connectivity index (χ2v) is 7.42. The highest BCUT2D eigenvalue weighted by Gasteiger charge is 2.28. The van der Waals surface area contributed by atoms with Crippen molar-refractivity contribution >= 4 is 23.6 Å². The zero-order chi connectivity index (χ0) is 19.6. The van der Waals surface area contributed by atoms with Crippen LogP contribution in [0.3, 0.4) is 0 Å². The van der Waals surface area contributed by atoms with Gasteiger partial charge in [0.2, 0.25) is 11.8 Å². The molecular weight excluding hydrogens is 356 g/mol. The lowest BCUT2D eigenvalue weighted by molar-refractivity contribution is -0.139. The summed E-state index contributed by atoms with van der Waals surface area (Å²) in [6.07, 6.45) is 0.583. The van der Waals surface area contributed by atoms with E-state index in [0.717, 1.165) is 16.0 Å². The quantitative estimate of drug-likeness (QED) is 0.664. The van der Waals surface area contributed by atoms with Crippen molar-refractivity contribution in [2.24, 2.45) is 0 Å². The highest BCUT2D eigenvalue weighted by atomic mass is 32.2. The minimum atomic E-state index is -0.464. The Kier molecular flexibility index (Phi) is 8.40. The molecule has 27 heavy (non-hydrogen) atoms. The Bertz CT molecular complexity index is 749. The van der Waals surface area contributed by atoms with Crippen LogP contribution in [0.1, 0.15) is 31.4 Å². The molecule has 0 heterocycles. The van der Waals surface area contributed by atoms with Crippen LogP contribution in [0.5, 0.6) is 0 Å². The number of rotatable bonds is 9. The lowest BCUT2D eigenvalue weighted by atomic mass is 10.1. The van der Waals surface area contributed by atoms with E-state index in [2.05, 4.69) is 5.32 Å². The molecule has 0 aromatic heterocycles. The van der Waals surface area contributed by atoms with Gasteiger partial charge in [0.05, 0.1) is 5.75 Å². The first-order valence-corrected chi connectivity index (χ1v) is 10.3. The molecule has 2 amide bonds. The molecule has 0 aliphatic heterocycles. The van der Waals surface area contributed by atoms with Gasteiger partial charge in [0, 0.05) is 18.0 Å². The van der Waals surface area contributed by atoms with E-state index in [0.29, 0.717) is 25.3 Å². The lowest BCUT2D eigenvalue weighted by Crippen LogP contribution is -2.49. The molecule has 2 aromatic rings. The number of thioether (sulfide) groups is 1. The number of hydrogen-bond acceptors (Lipinski definition) is 3. The smallest absolute Gasteiger partial charge is 0.242 e. The van der Waals surface area contributed by atoms with Crippen LogP contribution < -0.4 is 5.32 Å². The van der Waals surface area contributed by atoms with Crippen molar-refractivity contribution in [1.82, 2.24) is 10.2 Å². The van der Waals surface area contributed by atoms with Crippen LogP contribution in [0, 0.1) is 6.92 Å². The number of benzene rings is 2. The molecule has 5 heteroatoms. The summed E-state index contributed by atoms with van der Waals surface area (Å²) in [5.74, 6) is 0.197. The highest BCUT2D eigenvalue weighted by molar-refractivity contribution is 8.00. The first-order chi connectivity index (χ1) is 13.1. The van der Waals surface area contributed by atoms with E-state index in [9.17, 15) is 9.59 Å². The lowest BCUT2D eigenvalue weighted by Gasteiger charge is -2.31. The number of hydrogen-bond donors (Lipinski definition) is 1. The van der Waals surface area contributed by atoms with Crippen LogP contribution in [0.2, 0.25) is 0 Å². The maximum Gasteiger partial charge on any atom is 0.242 e.